The molecular formula is C84H164O17P2. The van der Waals surface area contributed by atoms with Gasteiger partial charge in [0.25, 0.3) is 0 Å². The highest BCUT2D eigenvalue weighted by Gasteiger charge is 2.30. The van der Waals surface area contributed by atoms with Gasteiger partial charge in [-0.25, -0.2) is 9.13 Å². The first-order chi connectivity index (χ1) is 49.7. The molecule has 0 aliphatic carbocycles. The lowest BCUT2D eigenvalue weighted by Gasteiger charge is -2.21. The van der Waals surface area contributed by atoms with Gasteiger partial charge in [-0.05, 0) is 43.4 Å². The van der Waals surface area contributed by atoms with Crippen LogP contribution < -0.4 is 0 Å². The minimum absolute atomic E-state index is 0.104. The molecule has 0 fully saturated rings. The zero-order valence-corrected chi connectivity index (χ0v) is 69.6. The van der Waals surface area contributed by atoms with Gasteiger partial charge in [0.2, 0.25) is 0 Å². The van der Waals surface area contributed by atoms with Gasteiger partial charge in [-0.1, -0.05) is 389 Å². The van der Waals surface area contributed by atoms with Crippen LogP contribution in [0.4, 0.5) is 0 Å². The van der Waals surface area contributed by atoms with Crippen molar-refractivity contribution in [1.29, 1.82) is 0 Å². The van der Waals surface area contributed by atoms with Gasteiger partial charge in [-0.15, -0.1) is 0 Å². The van der Waals surface area contributed by atoms with E-state index in [1.807, 2.05) is 0 Å². The predicted octanol–water partition coefficient (Wildman–Crippen LogP) is 25.3. The summed E-state index contributed by atoms with van der Waals surface area (Å²) in [5, 5.41) is 10.6. The maximum absolute atomic E-state index is 13.1. The van der Waals surface area contributed by atoms with Crippen LogP contribution in [0.1, 0.15) is 440 Å². The molecule has 103 heavy (non-hydrogen) atoms. The second-order valence-electron chi connectivity index (χ2n) is 31.6. The molecule has 0 aromatic heterocycles. The lowest BCUT2D eigenvalue weighted by molar-refractivity contribution is -0.161. The third kappa shape index (κ3) is 78.0. The van der Waals surface area contributed by atoms with Crippen LogP contribution in [0.3, 0.4) is 0 Å². The minimum Gasteiger partial charge on any atom is -0.462 e. The highest BCUT2D eigenvalue weighted by Crippen LogP contribution is 2.45. The Balaban J connectivity index is 5.18. The van der Waals surface area contributed by atoms with Gasteiger partial charge in [-0.2, -0.15) is 0 Å². The molecule has 0 radical (unpaired) electrons. The van der Waals surface area contributed by atoms with Gasteiger partial charge in [0.15, 0.2) is 12.2 Å². The molecule has 19 heteroatoms. The number of phosphoric acid groups is 2. The van der Waals surface area contributed by atoms with Crippen molar-refractivity contribution < 1.29 is 80.2 Å². The van der Waals surface area contributed by atoms with Crippen LogP contribution in [0, 0.1) is 17.8 Å². The molecule has 0 saturated heterocycles. The summed E-state index contributed by atoms with van der Waals surface area (Å²) in [6, 6.07) is 0. The van der Waals surface area contributed by atoms with Crippen LogP contribution in [-0.2, 0) is 65.4 Å². The summed E-state index contributed by atoms with van der Waals surface area (Å²) in [4.78, 5) is 73.0. The fraction of sp³-hybridized carbons (Fsp3) is 0.952. The number of carbonyl (C=O) groups excluding carboxylic acids is 4. The van der Waals surface area contributed by atoms with Crippen LogP contribution in [-0.4, -0.2) is 96.7 Å². The van der Waals surface area contributed by atoms with Gasteiger partial charge in [0, 0.05) is 25.7 Å². The summed E-state index contributed by atoms with van der Waals surface area (Å²) in [6.07, 6.45) is 64.3. The van der Waals surface area contributed by atoms with Crippen molar-refractivity contribution in [3.8, 4) is 0 Å². The molecule has 0 heterocycles. The lowest BCUT2D eigenvalue weighted by atomic mass is 10.0. The van der Waals surface area contributed by atoms with Crippen LogP contribution >= 0.6 is 15.6 Å². The second-order valence-corrected chi connectivity index (χ2v) is 34.6. The highest BCUT2D eigenvalue weighted by molar-refractivity contribution is 7.47. The number of hydrogen-bond acceptors (Lipinski definition) is 15. The summed E-state index contributed by atoms with van der Waals surface area (Å²) in [6.45, 7) is 11.9. The quantitative estimate of drug-likeness (QED) is 0.0222. The Bertz CT molecular complexity index is 1990. The fourth-order valence-corrected chi connectivity index (χ4v) is 14.6. The first-order valence-corrected chi connectivity index (χ1v) is 46.3. The molecule has 0 bridgehead atoms. The van der Waals surface area contributed by atoms with E-state index in [2.05, 4.69) is 48.5 Å². The maximum atomic E-state index is 13.1. The Kier molecular flexibility index (Phi) is 72.8. The first-order valence-electron chi connectivity index (χ1n) is 43.3. The number of aliphatic hydroxyl groups excluding tert-OH is 1. The van der Waals surface area contributed by atoms with Gasteiger partial charge in [0.1, 0.15) is 19.3 Å². The first kappa shape index (κ1) is 101. The van der Waals surface area contributed by atoms with Gasteiger partial charge >= 0.3 is 39.5 Å². The van der Waals surface area contributed by atoms with Crippen molar-refractivity contribution in [2.75, 3.05) is 39.6 Å². The molecular weight excluding hydrogens is 1340 g/mol. The highest BCUT2D eigenvalue weighted by atomic mass is 31.2. The van der Waals surface area contributed by atoms with E-state index in [-0.39, 0.29) is 25.7 Å². The van der Waals surface area contributed by atoms with E-state index in [0.717, 1.165) is 108 Å². The Morgan fingerprint density at radius 3 is 0.660 bits per heavy atom. The van der Waals surface area contributed by atoms with E-state index >= 15 is 0 Å². The van der Waals surface area contributed by atoms with Crippen LogP contribution in [0.5, 0.6) is 0 Å². The standard InChI is InChI=1S/C84H164O17P2/c1-8-9-10-11-12-13-14-15-16-17-18-19-20-24-27-30-33-38-43-51-58-65-81(86)94-71-79(100-83(88)67-60-53-44-39-34-31-28-25-22-21-23-26-29-32-36-41-48-55-62-75(2)3)73-98-102(90,91)96-69-78(85)70-97-103(92,93)99-74-80(72-95-82(87)66-59-52-47-46-50-57-64-77(6)7)101-84(89)68-61-54-45-40-35-37-42-49-56-63-76(4)5/h75-80,85H,8-74H2,1-7H3,(H,90,91)(H,92,93)/t78-,79-,80-/m1/s1. The Labute approximate surface area is 632 Å². The minimum atomic E-state index is -4.96. The molecule has 0 rings (SSSR count). The summed E-state index contributed by atoms with van der Waals surface area (Å²) >= 11 is 0. The molecule has 0 amide bonds. The van der Waals surface area contributed by atoms with Gasteiger partial charge in [-0.3, -0.25) is 37.3 Å². The van der Waals surface area contributed by atoms with E-state index in [9.17, 15) is 43.2 Å². The molecule has 612 valence electrons. The van der Waals surface area contributed by atoms with Crippen molar-refractivity contribution >= 4 is 39.5 Å². The normalized spacial score (nSPS) is 13.9. The Hall–Kier alpha value is -1.94. The number of aliphatic hydroxyl groups is 1. The Morgan fingerprint density at radius 2 is 0.447 bits per heavy atom. The van der Waals surface area contributed by atoms with Crippen molar-refractivity contribution in [3.05, 3.63) is 0 Å². The Morgan fingerprint density at radius 1 is 0.262 bits per heavy atom. The number of rotatable bonds is 82. The smallest absolute Gasteiger partial charge is 0.462 e. The van der Waals surface area contributed by atoms with E-state index in [0.29, 0.717) is 31.6 Å². The van der Waals surface area contributed by atoms with E-state index in [1.165, 1.54) is 244 Å². The van der Waals surface area contributed by atoms with Gasteiger partial charge in [0.05, 0.1) is 26.4 Å². The average molecular weight is 1510 g/mol. The van der Waals surface area contributed by atoms with E-state index in [1.54, 1.807) is 0 Å². The third-order valence-electron chi connectivity index (χ3n) is 19.6. The molecule has 0 saturated carbocycles. The van der Waals surface area contributed by atoms with Crippen LogP contribution in [0.2, 0.25) is 0 Å². The zero-order chi connectivity index (χ0) is 75.8. The summed E-state index contributed by atoms with van der Waals surface area (Å²) < 4.78 is 68.7. The van der Waals surface area contributed by atoms with E-state index < -0.39 is 97.5 Å². The fourth-order valence-electron chi connectivity index (χ4n) is 13.0. The van der Waals surface area contributed by atoms with Crippen molar-refractivity contribution in [3.63, 3.8) is 0 Å². The van der Waals surface area contributed by atoms with Crippen LogP contribution in [0.15, 0.2) is 0 Å². The molecule has 0 aromatic carbocycles. The number of unbranched alkanes of at least 4 members (excludes halogenated alkanes) is 50. The third-order valence-corrected chi connectivity index (χ3v) is 21.5. The van der Waals surface area contributed by atoms with Crippen molar-refractivity contribution in [2.24, 2.45) is 17.8 Å². The molecule has 0 aromatic rings. The number of phosphoric ester groups is 2. The number of hydrogen-bond donors (Lipinski definition) is 3. The van der Waals surface area contributed by atoms with Gasteiger partial charge < -0.3 is 33.8 Å². The molecule has 0 aliphatic heterocycles. The summed E-state index contributed by atoms with van der Waals surface area (Å²) in [5.74, 6) is 0.123. The number of ether oxygens (including phenoxy) is 4. The molecule has 5 atom stereocenters. The maximum Gasteiger partial charge on any atom is 0.472 e. The largest absolute Gasteiger partial charge is 0.472 e. The monoisotopic (exact) mass is 1510 g/mol. The molecule has 3 N–H and O–H groups in total. The predicted molar refractivity (Wildman–Crippen MR) is 423 cm³/mol. The summed E-state index contributed by atoms with van der Waals surface area (Å²) in [7, 11) is -9.92. The number of carbonyl (C=O) groups is 4. The lowest BCUT2D eigenvalue weighted by Crippen LogP contribution is -2.30. The van der Waals surface area contributed by atoms with Crippen LogP contribution in [0.25, 0.3) is 0 Å². The zero-order valence-electron chi connectivity index (χ0n) is 67.8. The molecule has 2 unspecified atom stereocenters. The topological polar surface area (TPSA) is 237 Å². The summed E-state index contributed by atoms with van der Waals surface area (Å²) in [5.41, 5.74) is 0. The SMILES string of the molecule is CCCCCCCCCCCCCCCCCCCCCCCC(=O)OC[C@H](COP(=O)(O)OC[C@@H](O)COP(=O)(O)OC[C@@H](COC(=O)CCCCCCCCC(C)C)OC(=O)CCCCCCCCCCCC(C)C)OC(=O)CCCCCCCCCCCCCCCCCCCCC(C)C. The second kappa shape index (κ2) is 74.2. The number of esters is 4. The van der Waals surface area contributed by atoms with Crippen molar-refractivity contribution in [2.45, 2.75) is 458 Å². The molecule has 17 nitrogen and oxygen atoms in total. The van der Waals surface area contributed by atoms with Crippen molar-refractivity contribution in [1.82, 2.24) is 0 Å². The average Bonchev–Trinajstić information content (AvgIpc) is 0.944. The molecule has 0 aliphatic rings. The molecule has 0 spiro atoms. The van der Waals surface area contributed by atoms with E-state index in [4.69, 9.17) is 37.0 Å².